The summed E-state index contributed by atoms with van der Waals surface area (Å²) in [6.07, 6.45) is 0. The zero-order chi connectivity index (χ0) is 12.8. The molecule has 96 valence electrons. The van der Waals surface area contributed by atoms with Crippen LogP contribution in [-0.4, -0.2) is 24.1 Å². The standard InChI is InChI=1S/C12H12FIN2OS/c13-10-2-1-8(14)3-9(10)12-6-17-4-7(12)5-18-11(15)16-12/h1-3,7H,4-6H2,(H2,15,16). The molecule has 0 radical (unpaired) electrons. The van der Waals surface area contributed by atoms with E-state index >= 15 is 0 Å². The summed E-state index contributed by atoms with van der Waals surface area (Å²) in [6.45, 7) is 1.03. The number of rotatable bonds is 1. The number of nitrogens with two attached hydrogens (primary N) is 1. The summed E-state index contributed by atoms with van der Waals surface area (Å²) in [5.41, 5.74) is 5.82. The van der Waals surface area contributed by atoms with Gasteiger partial charge in [-0.15, -0.1) is 0 Å². The van der Waals surface area contributed by atoms with E-state index in [0.717, 1.165) is 9.32 Å². The van der Waals surface area contributed by atoms with Crippen LogP contribution in [0, 0.1) is 15.3 Å². The predicted molar refractivity (Wildman–Crippen MR) is 79.2 cm³/mol. The fourth-order valence-corrected chi connectivity index (χ4v) is 3.99. The van der Waals surface area contributed by atoms with Gasteiger partial charge in [0.25, 0.3) is 0 Å². The predicted octanol–water partition coefficient (Wildman–Crippen LogP) is 2.33. The first-order chi connectivity index (χ1) is 8.62. The van der Waals surface area contributed by atoms with Gasteiger partial charge in [0.2, 0.25) is 0 Å². The zero-order valence-electron chi connectivity index (χ0n) is 9.53. The van der Waals surface area contributed by atoms with Crippen LogP contribution in [0.1, 0.15) is 5.56 Å². The Hall–Kier alpha value is -0.340. The molecule has 2 heterocycles. The zero-order valence-corrected chi connectivity index (χ0v) is 12.5. The Labute approximate surface area is 123 Å². The van der Waals surface area contributed by atoms with Crippen LogP contribution in [0.3, 0.4) is 0 Å². The van der Waals surface area contributed by atoms with Crippen molar-refractivity contribution in [2.24, 2.45) is 16.6 Å². The number of aliphatic imine (C=N–C) groups is 1. The van der Waals surface area contributed by atoms with Crippen LogP contribution in [0.25, 0.3) is 0 Å². The van der Waals surface area contributed by atoms with Gasteiger partial charge in [-0.25, -0.2) is 9.38 Å². The quantitative estimate of drug-likeness (QED) is 0.764. The van der Waals surface area contributed by atoms with Crippen LogP contribution in [0.4, 0.5) is 4.39 Å². The summed E-state index contributed by atoms with van der Waals surface area (Å²) in [5.74, 6) is 0.803. The normalized spacial score (nSPS) is 31.0. The first-order valence-electron chi connectivity index (χ1n) is 5.63. The molecule has 1 aromatic rings. The average Bonchev–Trinajstić information content (AvgIpc) is 2.76. The molecule has 0 aromatic heterocycles. The summed E-state index contributed by atoms with van der Waals surface area (Å²) in [5, 5.41) is 0.523. The number of benzene rings is 1. The molecular weight excluding hydrogens is 366 g/mol. The Balaban J connectivity index is 2.17. The average molecular weight is 378 g/mol. The molecule has 2 atom stereocenters. The van der Waals surface area contributed by atoms with Gasteiger partial charge >= 0.3 is 0 Å². The number of hydrogen-bond acceptors (Lipinski definition) is 4. The fraction of sp³-hybridized carbons (Fsp3) is 0.417. The van der Waals surface area contributed by atoms with E-state index in [-0.39, 0.29) is 11.7 Å². The van der Waals surface area contributed by atoms with Crippen molar-refractivity contribution < 1.29 is 9.13 Å². The van der Waals surface area contributed by atoms with Crippen LogP contribution >= 0.6 is 34.4 Å². The van der Waals surface area contributed by atoms with Crippen LogP contribution in [-0.2, 0) is 10.3 Å². The molecule has 6 heteroatoms. The molecule has 3 nitrogen and oxygen atoms in total. The van der Waals surface area contributed by atoms with Gasteiger partial charge in [-0.05, 0) is 40.8 Å². The maximum Gasteiger partial charge on any atom is 0.154 e. The van der Waals surface area contributed by atoms with Crippen molar-refractivity contribution in [2.45, 2.75) is 5.54 Å². The van der Waals surface area contributed by atoms with Crippen LogP contribution in [0.2, 0.25) is 0 Å². The van der Waals surface area contributed by atoms with Crippen molar-refractivity contribution in [2.75, 3.05) is 19.0 Å². The molecule has 1 saturated heterocycles. The molecule has 0 spiro atoms. The van der Waals surface area contributed by atoms with Crippen molar-refractivity contribution >= 4 is 39.5 Å². The third-order valence-corrected chi connectivity index (χ3v) is 5.08. The van der Waals surface area contributed by atoms with E-state index in [2.05, 4.69) is 27.6 Å². The lowest BCUT2D eigenvalue weighted by Gasteiger charge is -2.34. The van der Waals surface area contributed by atoms with Crippen LogP contribution in [0.5, 0.6) is 0 Å². The van der Waals surface area contributed by atoms with E-state index in [1.165, 1.54) is 17.8 Å². The molecule has 0 saturated carbocycles. The Kier molecular flexibility index (Phi) is 3.27. The van der Waals surface area contributed by atoms with Crippen LogP contribution in [0.15, 0.2) is 23.2 Å². The van der Waals surface area contributed by atoms with E-state index in [1.54, 1.807) is 6.07 Å². The van der Waals surface area contributed by atoms with Gasteiger partial charge in [0, 0.05) is 20.8 Å². The highest BCUT2D eigenvalue weighted by Crippen LogP contribution is 2.45. The van der Waals surface area contributed by atoms with Gasteiger partial charge in [-0.3, -0.25) is 0 Å². The lowest BCUT2D eigenvalue weighted by Crippen LogP contribution is -2.40. The first-order valence-corrected chi connectivity index (χ1v) is 7.70. The van der Waals surface area contributed by atoms with Crippen molar-refractivity contribution in [3.05, 3.63) is 33.1 Å². The number of nitrogens with zero attached hydrogens (tertiary/aromatic N) is 1. The molecule has 0 bridgehead atoms. The monoisotopic (exact) mass is 378 g/mol. The minimum atomic E-state index is -0.624. The lowest BCUT2D eigenvalue weighted by atomic mass is 9.81. The minimum Gasteiger partial charge on any atom is -0.379 e. The number of hydrogen-bond donors (Lipinski definition) is 1. The van der Waals surface area contributed by atoms with Gasteiger partial charge in [0.1, 0.15) is 11.4 Å². The fourth-order valence-electron chi connectivity index (χ4n) is 2.52. The Morgan fingerprint density at radius 2 is 2.39 bits per heavy atom. The number of halogens is 2. The largest absolute Gasteiger partial charge is 0.379 e. The van der Waals surface area contributed by atoms with E-state index in [9.17, 15) is 4.39 Å². The molecule has 2 aliphatic rings. The number of thioether (sulfide) groups is 1. The number of ether oxygens (including phenoxy) is 1. The molecule has 1 fully saturated rings. The van der Waals surface area contributed by atoms with Crippen molar-refractivity contribution in [3.63, 3.8) is 0 Å². The second-order valence-corrected chi connectivity index (χ2v) is 6.81. The molecular formula is C12H12FIN2OS. The van der Waals surface area contributed by atoms with E-state index in [0.29, 0.717) is 23.9 Å². The molecule has 2 unspecified atom stereocenters. The van der Waals surface area contributed by atoms with E-state index < -0.39 is 5.54 Å². The summed E-state index contributed by atoms with van der Waals surface area (Å²) in [7, 11) is 0. The maximum absolute atomic E-state index is 14.1. The Morgan fingerprint density at radius 3 is 3.22 bits per heavy atom. The summed E-state index contributed by atoms with van der Waals surface area (Å²) < 4.78 is 20.7. The van der Waals surface area contributed by atoms with Gasteiger partial charge in [0.15, 0.2) is 5.17 Å². The third kappa shape index (κ3) is 1.94. The highest BCUT2D eigenvalue weighted by atomic mass is 127. The van der Waals surface area contributed by atoms with Gasteiger partial charge in [-0.1, -0.05) is 11.8 Å². The second kappa shape index (κ2) is 4.64. The molecule has 18 heavy (non-hydrogen) atoms. The van der Waals surface area contributed by atoms with E-state index in [4.69, 9.17) is 10.5 Å². The smallest absolute Gasteiger partial charge is 0.154 e. The highest BCUT2D eigenvalue weighted by molar-refractivity contribution is 14.1. The first kappa shape index (κ1) is 12.7. The topological polar surface area (TPSA) is 47.6 Å². The summed E-state index contributed by atoms with van der Waals surface area (Å²) in [6, 6.07) is 5.10. The Morgan fingerprint density at radius 1 is 1.56 bits per heavy atom. The molecule has 1 aromatic carbocycles. The van der Waals surface area contributed by atoms with E-state index in [1.807, 2.05) is 6.07 Å². The van der Waals surface area contributed by atoms with Crippen molar-refractivity contribution in [3.8, 4) is 0 Å². The van der Waals surface area contributed by atoms with Crippen molar-refractivity contribution in [1.82, 2.24) is 0 Å². The third-order valence-electron chi connectivity index (χ3n) is 3.45. The number of fused-ring (bicyclic) bond motifs is 1. The molecule has 0 aliphatic carbocycles. The second-order valence-electron chi connectivity index (χ2n) is 4.52. The molecule has 2 N–H and O–H groups in total. The minimum absolute atomic E-state index is 0.197. The summed E-state index contributed by atoms with van der Waals surface area (Å²) >= 11 is 3.70. The highest BCUT2D eigenvalue weighted by Gasteiger charge is 2.49. The van der Waals surface area contributed by atoms with Crippen molar-refractivity contribution in [1.29, 1.82) is 0 Å². The number of amidine groups is 1. The molecule has 0 amide bonds. The SMILES string of the molecule is NC1=NC2(c3cc(I)ccc3F)COCC2CS1. The van der Waals surface area contributed by atoms with Gasteiger partial charge in [0.05, 0.1) is 13.2 Å². The molecule has 2 aliphatic heterocycles. The summed E-state index contributed by atoms with van der Waals surface area (Å²) in [4.78, 5) is 4.54. The van der Waals surface area contributed by atoms with Gasteiger partial charge in [-0.2, -0.15) is 0 Å². The van der Waals surface area contributed by atoms with Crippen LogP contribution < -0.4 is 5.73 Å². The molecule has 3 rings (SSSR count). The maximum atomic E-state index is 14.1. The Bertz CT molecular complexity index is 525. The van der Waals surface area contributed by atoms with Gasteiger partial charge < -0.3 is 10.5 Å². The lowest BCUT2D eigenvalue weighted by molar-refractivity contribution is 0.176.